The number of rotatable bonds is 6. The van der Waals surface area contributed by atoms with Gasteiger partial charge in [0.1, 0.15) is 0 Å². The van der Waals surface area contributed by atoms with Crippen molar-refractivity contribution in [3.8, 4) is 0 Å². The molecule has 2 rings (SSSR count). The zero-order chi connectivity index (χ0) is 12.3. The second-order valence-electron chi connectivity index (χ2n) is 5.60. The molecule has 0 radical (unpaired) electrons. The van der Waals surface area contributed by atoms with Gasteiger partial charge in [0.15, 0.2) is 0 Å². The molecule has 1 aliphatic rings. The maximum Gasteiger partial charge on any atom is 0.0681 e. The lowest BCUT2D eigenvalue weighted by atomic mass is 9.92. The average Bonchev–Trinajstić information content (AvgIpc) is 3.11. The smallest absolute Gasteiger partial charge is 0.0681 e. The van der Waals surface area contributed by atoms with Crippen LogP contribution in [-0.2, 0) is 13.2 Å². The Hall–Kier alpha value is -0.860. The summed E-state index contributed by atoms with van der Waals surface area (Å²) in [6.07, 6.45) is 2.75. The summed E-state index contributed by atoms with van der Waals surface area (Å²) in [4.78, 5) is 0. The molecule has 2 N–H and O–H groups in total. The van der Waals surface area contributed by atoms with Gasteiger partial charge in [0.2, 0.25) is 0 Å². The highest BCUT2D eigenvalue weighted by Crippen LogP contribution is 2.51. The van der Waals surface area contributed by atoms with E-state index in [0.29, 0.717) is 5.41 Å². The van der Waals surface area contributed by atoms with Gasteiger partial charge in [-0.2, -0.15) is 0 Å². The summed E-state index contributed by atoms with van der Waals surface area (Å²) in [5.41, 5.74) is 2.85. The molecule has 2 nitrogen and oxygen atoms in total. The summed E-state index contributed by atoms with van der Waals surface area (Å²) in [7, 11) is 0. The van der Waals surface area contributed by atoms with Crippen LogP contribution in [0.2, 0.25) is 0 Å². The van der Waals surface area contributed by atoms with Gasteiger partial charge in [-0.1, -0.05) is 38.1 Å². The van der Waals surface area contributed by atoms with Crippen LogP contribution in [0.3, 0.4) is 0 Å². The van der Waals surface area contributed by atoms with Crippen LogP contribution in [0, 0.1) is 11.3 Å². The molecule has 0 bridgehead atoms. The molecule has 0 saturated heterocycles. The van der Waals surface area contributed by atoms with E-state index in [9.17, 15) is 0 Å². The summed E-state index contributed by atoms with van der Waals surface area (Å²) in [6, 6.07) is 8.17. The quantitative estimate of drug-likeness (QED) is 0.792. The first-order valence-corrected chi connectivity index (χ1v) is 6.56. The molecule has 0 amide bonds. The molecule has 0 atom stereocenters. The SMILES string of the molecule is CC(C)C1(CNCc2ccc(CO)cc2)CC1. The highest BCUT2D eigenvalue weighted by atomic mass is 16.3. The van der Waals surface area contributed by atoms with Crippen LogP contribution in [0.1, 0.15) is 37.8 Å². The predicted molar refractivity (Wildman–Crippen MR) is 70.6 cm³/mol. The van der Waals surface area contributed by atoms with Crippen molar-refractivity contribution < 1.29 is 5.11 Å². The van der Waals surface area contributed by atoms with Crippen molar-refractivity contribution in [2.24, 2.45) is 11.3 Å². The summed E-state index contributed by atoms with van der Waals surface area (Å²) in [5, 5.41) is 12.5. The second kappa shape index (κ2) is 5.19. The average molecular weight is 233 g/mol. The lowest BCUT2D eigenvalue weighted by Gasteiger charge is -2.20. The van der Waals surface area contributed by atoms with Gasteiger partial charge < -0.3 is 10.4 Å². The van der Waals surface area contributed by atoms with Crippen LogP contribution in [0.25, 0.3) is 0 Å². The van der Waals surface area contributed by atoms with E-state index in [1.54, 1.807) is 0 Å². The topological polar surface area (TPSA) is 32.3 Å². The van der Waals surface area contributed by atoms with Crippen molar-refractivity contribution in [1.29, 1.82) is 0 Å². The van der Waals surface area contributed by atoms with E-state index < -0.39 is 0 Å². The fourth-order valence-electron chi connectivity index (χ4n) is 2.34. The maximum absolute atomic E-state index is 8.96. The fourth-order valence-corrected chi connectivity index (χ4v) is 2.34. The monoisotopic (exact) mass is 233 g/mol. The predicted octanol–water partition coefficient (Wildman–Crippen LogP) is 2.70. The summed E-state index contributed by atoms with van der Waals surface area (Å²) in [5.74, 6) is 0.784. The Kier molecular flexibility index (Phi) is 3.85. The molecule has 1 aromatic carbocycles. The third kappa shape index (κ3) is 3.08. The molecule has 0 unspecified atom stereocenters. The first-order chi connectivity index (χ1) is 8.16. The molecule has 0 aliphatic heterocycles. The van der Waals surface area contributed by atoms with Gasteiger partial charge in [-0.05, 0) is 35.3 Å². The van der Waals surface area contributed by atoms with Gasteiger partial charge in [0.05, 0.1) is 6.61 Å². The molecule has 0 aromatic heterocycles. The molecule has 94 valence electrons. The maximum atomic E-state index is 8.96. The lowest BCUT2D eigenvalue weighted by molar-refractivity contribution is 0.282. The van der Waals surface area contributed by atoms with Crippen LogP contribution < -0.4 is 5.32 Å². The molecule has 0 heterocycles. The number of hydrogen-bond donors (Lipinski definition) is 2. The Morgan fingerprint density at radius 3 is 2.24 bits per heavy atom. The van der Waals surface area contributed by atoms with E-state index in [4.69, 9.17) is 5.11 Å². The van der Waals surface area contributed by atoms with Gasteiger partial charge in [0.25, 0.3) is 0 Å². The van der Waals surface area contributed by atoms with Crippen LogP contribution in [0.4, 0.5) is 0 Å². The van der Waals surface area contributed by atoms with Gasteiger partial charge >= 0.3 is 0 Å². The zero-order valence-electron chi connectivity index (χ0n) is 10.9. The van der Waals surface area contributed by atoms with Gasteiger partial charge in [-0.3, -0.25) is 0 Å². The van der Waals surface area contributed by atoms with Crippen molar-refractivity contribution in [1.82, 2.24) is 5.32 Å². The highest BCUT2D eigenvalue weighted by molar-refractivity contribution is 5.21. The van der Waals surface area contributed by atoms with Crippen LogP contribution in [0.5, 0.6) is 0 Å². The van der Waals surface area contributed by atoms with Crippen molar-refractivity contribution in [2.75, 3.05) is 6.54 Å². The minimum Gasteiger partial charge on any atom is -0.392 e. The molecular weight excluding hydrogens is 210 g/mol. The van der Waals surface area contributed by atoms with E-state index in [-0.39, 0.29) is 6.61 Å². The van der Waals surface area contributed by atoms with Crippen molar-refractivity contribution in [2.45, 2.75) is 39.8 Å². The largest absolute Gasteiger partial charge is 0.392 e. The molecule has 1 fully saturated rings. The Morgan fingerprint density at radius 2 is 1.76 bits per heavy atom. The molecule has 1 aromatic rings. The van der Waals surface area contributed by atoms with E-state index in [1.165, 1.54) is 18.4 Å². The normalized spacial score (nSPS) is 17.4. The van der Waals surface area contributed by atoms with Crippen molar-refractivity contribution >= 4 is 0 Å². The van der Waals surface area contributed by atoms with E-state index >= 15 is 0 Å². The number of nitrogens with one attached hydrogen (secondary N) is 1. The van der Waals surface area contributed by atoms with E-state index in [2.05, 4.69) is 31.3 Å². The minimum atomic E-state index is 0.129. The summed E-state index contributed by atoms with van der Waals surface area (Å²) in [6.45, 7) is 6.84. The third-order valence-corrected chi connectivity index (χ3v) is 4.13. The van der Waals surface area contributed by atoms with Gasteiger partial charge in [-0.25, -0.2) is 0 Å². The number of aliphatic hydroxyl groups is 1. The summed E-state index contributed by atoms with van der Waals surface area (Å²) >= 11 is 0. The van der Waals surface area contributed by atoms with Crippen LogP contribution in [-0.4, -0.2) is 11.7 Å². The third-order valence-electron chi connectivity index (χ3n) is 4.13. The molecule has 1 aliphatic carbocycles. The Balaban J connectivity index is 1.78. The number of hydrogen-bond acceptors (Lipinski definition) is 2. The number of benzene rings is 1. The second-order valence-corrected chi connectivity index (χ2v) is 5.60. The fraction of sp³-hybridized carbons (Fsp3) is 0.600. The Morgan fingerprint density at radius 1 is 1.18 bits per heavy atom. The van der Waals surface area contributed by atoms with Crippen molar-refractivity contribution in [3.63, 3.8) is 0 Å². The number of aliphatic hydroxyl groups excluding tert-OH is 1. The minimum absolute atomic E-state index is 0.129. The molecular formula is C15H23NO. The summed E-state index contributed by atoms with van der Waals surface area (Å²) < 4.78 is 0. The van der Waals surface area contributed by atoms with Crippen LogP contribution in [0.15, 0.2) is 24.3 Å². The molecule has 2 heteroatoms. The van der Waals surface area contributed by atoms with E-state index in [1.807, 2.05) is 12.1 Å². The molecule has 1 saturated carbocycles. The first kappa shape index (κ1) is 12.6. The van der Waals surface area contributed by atoms with Gasteiger partial charge in [0, 0.05) is 13.1 Å². The zero-order valence-corrected chi connectivity index (χ0v) is 10.9. The van der Waals surface area contributed by atoms with Crippen LogP contribution >= 0.6 is 0 Å². The van der Waals surface area contributed by atoms with Crippen molar-refractivity contribution in [3.05, 3.63) is 35.4 Å². The van der Waals surface area contributed by atoms with E-state index in [0.717, 1.165) is 24.6 Å². The Bertz CT molecular complexity index is 352. The first-order valence-electron chi connectivity index (χ1n) is 6.56. The standard InChI is InChI=1S/C15H23NO/c1-12(2)15(7-8-15)11-16-9-13-3-5-14(10-17)6-4-13/h3-6,12,16-17H,7-11H2,1-2H3. The molecule has 17 heavy (non-hydrogen) atoms. The van der Waals surface area contributed by atoms with Gasteiger partial charge in [-0.15, -0.1) is 0 Å². The lowest BCUT2D eigenvalue weighted by Crippen LogP contribution is -2.27. The molecule has 0 spiro atoms. The Labute approximate surface area is 104 Å². The highest BCUT2D eigenvalue weighted by Gasteiger charge is 2.44.